The molecule has 0 amide bonds. The van der Waals surface area contributed by atoms with Gasteiger partial charge in [0.25, 0.3) is 0 Å². The minimum absolute atomic E-state index is 0.0736. The van der Waals surface area contributed by atoms with Crippen molar-refractivity contribution in [1.29, 1.82) is 0 Å². The van der Waals surface area contributed by atoms with Gasteiger partial charge in [0, 0.05) is 0 Å². The molecule has 19 heavy (non-hydrogen) atoms. The summed E-state index contributed by atoms with van der Waals surface area (Å²) in [5, 5.41) is 0. The average Bonchev–Trinajstić information content (AvgIpc) is 2.75. The number of furan rings is 1. The molecule has 0 saturated heterocycles. The molecule has 0 fully saturated rings. The lowest BCUT2D eigenvalue weighted by molar-refractivity contribution is 0.461. The maximum atomic E-state index is 6.20. The van der Waals surface area contributed by atoms with Gasteiger partial charge in [-0.3, -0.25) is 0 Å². The number of hydrogen-bond donors (Lipinski definition) is 1. The molecule has 0 radical (unpaired) electrons. The number of benzene rings is 1. The van der Waals surface area contributed by atoms with Crippen LogP contribution < -0.4 is 5.73 Å². The SMILES string of the molecule is Cc1ccoc1C(N)Cc1ccc(C(C)(C)C)cc1. The molecule has 2 N–H and O–H groups in total. The maximum absolute atomic E-state index is 6.20. The molecular weight excluding hydrogens is 234 g/mol. The molecule has 1 atom stereocenters. The second-order valence-corrected chi connectivity index (χ2v) is 6.23. The van der Waals surface area contributed by atoms with Crippen LogP contribution in [0.15, 0.2) is 41.0 Å². The molecule has 0 aliphatic rings. The predicted molar refractivity (Wildman–Crippen MR) is 79.2 cm³/mol. The second kappa shape index (κ2) is 5.22. The fraction of sp³-hybridized carbons (Fsp3) is 0.412. The summed E-state index contributed by atoms with van der Waals surface area (Å²) in [5.41, 5.74) is 10.1. The first-order valence-electron chi connectivity index (χ1n) is 6.77. The third-order valence-electron chi connectivity index (χ3n) is 3.51. The smallest absolute Gasteiger partial charge is 0.123 e. The van der Waals surface area contributed by atoms with E-state index in [1.807, 2.05) is 13.0 Å². The molecule has 0 saturated carbocycles. The van der Waals surface area contributed by atoms with Crippen LogP contribution in [-0.4, -0.2) is 0 Å². The highest BCUT2D eigenvalue weighted by Crippen LogP contribution is 2.24. The molecule has 102 valence electrons. The van der Waals surface area contributed by atoms with Gasteiger partial charge < -0.3 is 10.2 Å². The Morgan fingerprint density at radius 1 is 1.11 bits per heavy atom. The van der Waals surface area contributed by atoms with Gasteiger partial charge in [-0.1, -0.05) is 45.0 Å². The van der Waals surface area contributed by atoms with Crippen LogP contribution in [0.4, 0.5) is 0 Å². The Balaban J connectivity index is 2.10. The summed E-state index contributed by atoms with van der Waals surface area (Å²) in [6, 6.07) is 10.6. The molecule has 0 aliphatic carbocycles. The molecule has 0 spiro atoms. The van der Waals surface area contributed by atoms with E-state index < -0.39 is 0 Å². The summed E-state index contributed by atoms with van der Waals surface area (Å²) in [6.07, 6.45) is 2.51. The normalized spacial score (nSPS) is 13.5. The molecule has 1 aromatic heterocycles. The third-order valence-corrected chi connectivity index (χ3v) is 3.51. The quantitative estimate of drug-likeness (QED) is 0.898. The van der Waals surface area contributed by atoms with E-state index in [1.165, 1.54) is 11.1 Å². The molecule has 1 heterocycles. The van der Waals surface area contributed by atoms with Crippen LogP contribution in [0.25, 0.3) is 0 Å². The van der Waals surface area contributed by atoms with Crippen molar-refractivity contribution in [1.82, 2.24) is 0 Å². The maximum Gasteiger partial charge on any atom is 0.123 e. The molecular formula is C17H23NO. The van der Waals surface area contributed by atoms with Gasteiger partial charge in [-0.05, 0) is 41.5 Å². The van der Waals surface area contributed by atoms with Crippen molar-refractivity contribution in [3.63, 3.8) is 0 Å². The first kappa shape index (κ1) is 13.9. The standard InChI is InChI=1S/C17H23NO/c1-12-9-10-19-16(12)15(18)11-13-5-7-14(8-6-13)17(2,3)4/h5-10,15H,11,18H2,1-4H3. The molecule has 2 heteroatoms. The van der Waals surface area contributed by atoms with Crippen molar-refractivity contribution in [3.05, 3.63) is 59.0 Å². The summed E-state index contributed by atoms with van der Waals surface area (Å²) >= 11 is 0. The third kappa shape index (κ3) is 3.27. The first-order valence-corrected chi connectivity index (χ1v) is 6.77. The van der Waals surface area contributed by atoms with Gasteiger partial charge in [-0.25, -0.2) is 0 Å². The van der Waals surface area contributed by atoms with Crippen molar-refractivity contribution in [2.24, 2.45) is 5.73 Å². The van der Waals surface area contributed by atoms with Crippen LogP contribution >= 0.6 is 0 Å². The highest BCUT2D eigenvalue weighted by Gasteiger charge is 2.15. The number of aryl methyl sites for hydroxylation is 1. The lowest BCUT2D eigenvalue weighted by Gasteiger charge is -2.19. The molecule has 2 aromatic rings. The van der Waals surface area contributed by atoms with Crippen molar-refractivity contribution in [2.75, 3.05) is 0 Å². The van der Waals surface area contributed by atoms with E-state index in [4.69, 9.17) is 10.2 Å². The van der Waals surface area contributed by atoms with E-state index in [0.717, 1.165) is 17.7 Å². The minimum atomic E-state index is -0.0736. The van der Waals surface area contributed by atoms with E-state index in [1.54, 1.807) is 6.26 Å². The Bertz CT molecular complexity index is 531. The zero-order valence-corrected chi connectivity index (χ0v) is 12.2. The molecule has 0 aliphatic heterocycles. The summed E-state index contributed by atoms with van der Waals surface area (Å²) < 4.78 is 5.45. The predicted octanol–water partition coefficient (Wildman–Crippen LogP) is 4.13. The van der Waals surface area contributed by atoms with Gasteiger partial charge >= 0.3 is 0 Å². The Morgan fingerprint density at radius 2 is 1.74 bits per heavy atom. The second-order valence-electron chi connectivity index (χ2n) is 6.23. The highest BCUT2D eigenvalue weighted by atomic mass is 16.3. The lowest BCUT2D eigenvalue weighted by atomic mass is 9.86. The summed E-state index contributed by atoms with van der Waals surface area (Å²) in [7, 11) is 0. The van der Waals surface area contributed by atoms with E-state index in [-0.39, 0.29) is 11.5 Å². The van der Waals surface area contributed by atoms with Gasteiger partial charge in [-0.2, -0.15) is 0 Å². The Morgan fingerprint density at radius 3 is 2.21 bits per heavy atom. The van der Waals surface area contributed by atoms with Crippen LogP contribution in [0, 0.1) is 6.92 Å². The van der Waals surface area contributed by atoms with Crippen LogP contribution in [0.3, 0.4) is 0 Å². The zero-order chi connectivity index (χ0) is 14.0. The van der Waals surface area contributed by atoms with Crippen LogP contribution in [0.1, 0.15) is 49.3 Å². The lowest BCUT2D eigenvalue weighted by Crippen LogP contribution is -2.14. The molecule has 1 unspecified atom stereocenters. The van der Waals surface area contributed by atoms with E-state index >= 15 is 0 Å². The van der Waals surface area contributed by atoms with E-state index in [9.17, 15) is 0 Å². The molecule has 2 nitrogen and oxygen atoms in total. The van der Waals surface area contributed by atoms with Crippen molar-refractivity contribution >= 4 is 0 Å². The van der Waals surface area contributed by atoms with Crippen molar-refractivity contribution in [3.8, 4) is 0 Å². The Kier molecular flexibility index (Phi) is 3.81. The fourth-order valence-electron chi connectivity index (χ4n) is 2.25. The molecule has 2 rings (SSSR count). The fourth-order valence-corrected chi connectivity index (χ4v) is 2.25. The average molecular weight is 257 g/mol. The number of rotatable bonds is 3. The van der Waals surface area contributed by atoms with Gasteiger partial charge in [0.05, 0.1) is 12.3 Å². The van der Waals surface area contributed by atoms with Gasteiger partial charge in [0.1, 0.15) is 5.76 Å². The molecule has 1 aromatic carbocycles. The van der Waals surface area contributed by atoms with Crippen LogP contribution in [0.2, 0.25) is 0 Å². The molecule has 0 bridgehead atoms. The van der Waals surface area contributed by atoms with Gasteiger partial charge in [0.15, 0.2) is 0 Å². The number of nitrogens with two attached hydrogens (primary N) is 1. The van der Waals surface area contributed by atoms with Crippen LogP contribution in [-0.2, 0) is 11.8 Å². The summed E-state index contributed by atoms with van der Waals surface area (Å²) in [6.45, 7) is 8.70. The zero-order valence-electron chi connectivity index (χ0n) is 12.2. The van der Waals surface area contributed by atoms with Crippen molar-refractivity contribution in [2.45, 2.75) is 45.6 Å². The summed E-state index contributed by atoms with van der Waals surface area (Å²) in [5.74, 6) is 0.889. The first-order chi connectivity index (χ1) is 8.88. The summed E-state index contributed by atoms with van der Waals surface area (Å²) in [4.78, 5) is 0. The van der Waals surface area contributed by atoms with Gasteiger partial charge in [-0.15, -0.1) is 0 Å². The van der Waals surface area contributed by atoms with Gasteiger partial charge in [0.2, 0.25) is 0 Å². The minimum Gasteiger partial charge on any atom is -0.467 e. The highest BCUT2D eigenvalue weighted by molar-refractivity contribution is 5.29. The Labute approximate surface area is 115 Å². The Hall–Kier alpha value is -1.54. The topological polar surface area (TPSA) is 39.2 Å². The van der Waals surface area contributed by atoms with Crippen LogP contribution in [0.5, 0.6) is 0 Å². The number of hydrogen-bond acceptors (Lipinski definition) is 2. The van der Waals surface area contributed by atoms with E-state index in [2.05, 4.69) is 45.0 Å². The van der Waals surface area contributed by atoms with E-state index in [0.29, 0.717) is 0 Å². The monoisotopic (exact) mass is 257 g/mol. The largest absolute Gasteiger partial charge is 0.467 e. The van der Waals surface area contributed by atoms with Crippen molar-refractivity contribution < 1.29 is 4.42 Å².